The first-order valence-electron chi connectivity index (χ1n) is 8.81. The number of carboxylic acid groups (broad SMARTS) is 1. The Kier molecular flexibility index (Phi) is 6.45. The van der Waals surface area contributed by atoms with E-state index >= 15 is 0 Å². The number of thioether (sulfide) groups is 1. The van der Waals surface area contributed by atoms with Gasteiger partial charge in [-0.05, 0) is 43.6 Å². The molecule has 2 atom stereocenters. The molecule has 2 aliphatic heterocycles. The van der Waals surface area contributed by atoms with Gasteiger partial charge in [0.15, 0.2) is 11.5 Å². The predicted octanol–water partition coefficient (Wildman–Crippen LogP) is 2.35. The second-order valence-electron chi connectivity index (χ2n) is 6.43. The molecule has 1 aromatic carbocycles. The smallest absolute Gasteiger partial charge is 0.321 e. The molecule has 138 valence electrons. The number of carbonyl (C=O) groups is 1. The van der Waals surface area contributed by atoms with Crippen LogP contribution in [0.3, 0.4) is 0 Å². The van der Waals surface area contributed by atoms with E-state index in [2.05, 4.69) is 10.2 Å². The summed E-state index contributed by atoms with van der Waals surface area (Å²) < 4.78 is 11.4. The summed E-state index contributed by atoms with van der Waals surface area (Å²) >= 11 is 1.60. The predicted molar refractivity (Wildman–Crippen MR) is 98.5 cm³/mol. The lowest BCUT2D eigenvalue weighted by Crippen LogP contribution is -2.33. The van der Waals surface area contributed by atoms with Crippen LogP contribution in [-0.2, 0) is 4.79 Å². The molecular weight excluding hydrogens is 340 g/mol. The van der Waals surface area contributed by atoms with Gasteiger partial charge in [0, 0.05) is 12.3 Å². The van der Waals surface area contributed by atoms with E-state index in [-0.39, 0.29) is 5.37 Å². The van der Waals surface area contributed by atoms with Gasteiger partial charge in [-0.2, -0.15) is 0 Å². The second kappa shape index (κ2) is 8.78. The fourth-order valence-electron chi connectivity index (χ4n) is 3.24. The van der Waals surface area contributed by atoms with Crippen molar-refractivity contribution in [2.45, 2.75) is 30.7 Å². The third kappa shape index (κ3) is 4.80. The zero-order valence-electron chi connectivity index (χ0n) is 14.6. The molecular formula is C18H26N2O4S. The molecule has 0 radical (unpaired) electrons. The number of methoxy groups -OCH3 is 1. The number of nitrogens with zero attached hydrogens (tertiary/aromatic N) is 1. The largest absolute Gasteiger partial charge is 0.493 e. The minimum absolute atomic E-state index is 0.0311. The average Bonchev–Trinajstić information content (AvgIpc) is 3.13. The minimum atomic E-state index is -0.804. The number of rotatable bonds is 7. The van der Waals surface area contributed by atoms with Crippen LogP contribution in [0, 0.1) is 0 Å². The van der Waals surface area contributed by atoms with Gasteiger partial charge in [0.25, 0.3) is 0 Å². The quantitative estimate of drug-likeness (QED) is 0.767. The molecule has 7 heteroatoms. The van der Waals surface area contributed by atoms with E-state index in [9.17, 15) is 4.79 Å². The van der Waals surface area contributed by atoms with E-state index in [1.54, 1.807) is 18.9 Å². The van der Waals surface area contributed by atoms with Crippen LogP contribution in [0.2, 0.25) is 0 Å². The number of carboxylic acids is 1. The molecule has 0 aliphatic carbocycles. The van der Waals surface area contributed by atoms with Crippen molar-refractivity contribution in [3.8, 4) is 11.5 Å². The Labute approximate surface area is 152 Å². The Hall–Kier alpha value is -1.44. The molecule has 6 nitrogen and oxygen atoms in total. The standard InChI is InChI=1S/C18H26N2O4S/c1-23-15-6-5-13(17-19-14(12-25-17)18(21)22)11-16(15)24-10-9-20-7-3-2-4-8-20/h5-6,11,14,17,19H,2-4,7-10,12H2,1H3,(H,21,22). The molecule has 2 N–H and O–H groups in total. The van der Waals surface area contributed by atoms with Gasteiger partial charge in [-0.15, -0.1) is 11.8 Å². The second-order valence-corrected chi connectivity index (χ2v) is 7.57. The summed E-state index contributed by atoms with van der Waals surface area (Å²) in [6.45, 7) is 3.85. The molecule has 3 rings (SSSR count). The van der Waals surface area contributed by atoms with Crippen LogP contribution >= 0.6 is 11.8 Å². The molecule has 1 aromatic rings. The summed E-state index contributed by atoms with van der Waals surface area (Å²) in [6.07, 6.45) is 3.87. The van der Waals surface area contributed by atoms with Crippen molar-refractivity contribution < 1.29 is 19.4 Å². The van der Waals surface area contributed by atoms with Gasteiger partial charge < -0.3 is 14.6 Å². The van der Waals surface area contributed by atoms with Crippen molar-refractivity contribution in [3.63, 3.8) is 0 Å². The van der Waals surface area contributed by atoms with Crippen molar-refractivity contribution in [2.24, 2.45) is 0 Å². The lowest BCUT2D eigenvalue weighted by molar-refractivity contribution is -0.138. The minimum Gasteiger partial charge on any atom is -0.493 e. The summed E-state index contributed by atoms with van der Waals surface area (Å²) in [5, 5.41) is 12.2. The summed E-state index contributed by atoms with van der Waals surface area (Å²) in [4.78, 5) is 13.5. The van der Waals surface area contributed by atoms with E-state index in [1.165, 1.54) is 19.3 Å². The van der Waals surface area contributed by atoms with E-state index in [0.29, 0.717) is 18.1 Å². The molecule has 2 aliphatic rings. The van der Waals surface area contributed by atoms with Crippen molar-refractivity contribution in [1.82, 2.24) is 10.2 Å². The highest BCUT2D eigenvalue weighted by molar-refractivity contribution is 7.99. The monoisotopic (exact) mass is 366 g/mol. The van der Waals surface area contributed by atoms with Crippen LogP contribution in [-0.4, -0.2) is 61.1 Å². The Bertz CT molecular complexity index is 592. The summed E-state index contributed by atoms with van der Waals surface area (Å²) in [6, 6.07) is 5.32. The zero-order valence-corrected chi connectivity index (χ0v) is 15.4. The number of aliphatic carboxylic acids is 1. The Morgan fingerprint density at radius 2 is 2.12 bits per heavy atom. The fraction of sp³-hybridized carbons (Fsp3) is 0.611. The van der Waals surface area contributed by atoms with Gasteiger partial charge in [0.2, 0.25) is 0 Å². The first-order chi connectivity index (χ1) is 12.2. The summed E-state index contributed by atoms with van der Waals surface area (Å²) in [5.41, 5.74) is 1.02. The van der Waals surface area contributed by atoms with E-state index < -0.39 is 12.0 Å². The van der Waals surface area contributed by atoms with Gasteiger partial charge in [-0.1, -0.05) is 12.5 Å². The fourth-order valence-corrected chi connectivity index (χ4v) is 4.47. The molecule has 2 unspecified atom stereocenters. The number of likely N-dealkylation sites (tertiary alicyclic amines) is 1. The maximum absolute atomic E-state index is 11.1. The van der Waals surface area contributed by atoms with Crippen molar-refractivity contribution in [1.29, 1.82) is 0 Å². The topological polar surface area (TPSA) is 71.0 Å². The van der Waals surface area contributed by atoms with Crippen LogP contribution in [0.4, 0.5) is 0 Å². The highest BCUT2D eigenvalue weighted by atomic mass is 32.2. The molecule has 0 spiro atoms. The highest BCUT2D eigenvalue weighted by Crippen LogP contribution is 2.37. The summed E-state index contributed by atoms with van der Waals surface area (Å²) in [5.74, 6) is 1.19. The molecule has 0 amide bonds. The van der Waals surface area contributed by atoms with Gasteiger partial charge in [-0.25, -0.2) is 0 Å². The Balaban J connectivity index is 1.60. The summed E-state index contributed by atoms with van der Waals surface area (Å²) in [7, 11) is 1.63. The van der Waals surface area contributed by atoms with Gasteiger partial charge in [-0.3, -0.25) is 15.0 Å². The highest BCUT2D eigenvalue weighted by Gasteiger charge is 2.30. The van der Waals surface area contributed by atoms with Crippen molar-refractivity contribution >= 4 is 17.7 Å². The third-order valence-corrected chi connectivity index (χ3v) is 5.95. The molecule has 25 heavy (non-hydrogen) atoms. The van der Waals surface area contributed by atoms with Crippen LogP contribution in [0.15, 0.2) is 18.2 Å². The number of benzene rings is 1. The van der Waals surface area contributed by atoms with E-state index in [4.69, 9.17) is 14.6 Å². The maximum Gasteiger partial charge on any atom is 0.321 e. The van der Waals surface area contributed by atoms with E-state index in [1.807, 2.05) is 18.2 Å². The zero-order chi connectivity index (χ0) is 17.6. The van der Waals surface area contributed by atoms with Gasteiger partial charge >= 0.3 is 5.97 Å². The molecule has 0 bridgehead atoms. The third-order valence-electron chi connectivity index (χ3n) is 4.68. The number of hydrogen-bond acceptors (Lipinski definition) is 6. The molecule has 0 aromatic heterocycles. The van der Waals surface area contributed by atoms with Crippen LogP contribution < -0.4 is 14.8 Å². The lowest BCUT2D eigenvalue weighted by Gasteiger charge is -2.26. The lowest BCUT2D eigenvalue weighted by atomic mass is 10.1. The molecule has 2 heterocycles. The first kappa shape index (κ1) is 18.4. The maximum atomic E-state index is 11.1. The first-order valence-corrected chi connectivity index (χ1v) is 9.86. The number of piperidine rings is 1. The van der Waals surface area contributed by atoms with E-state index in [0.717, 1.165) is 30.9 Å². The molecule has 2 fully saturated rings. The van der Waals surface area contributed by atoms with Gasteiger partial charge in [0.05, 0.1) is 12.5 Å². The van der Waals surface area contributed by atoms with Crippen molar-refractivity contribution in [2.75, 3.05) is 39.1 Å². The molecule has 0 saturated carbocycles. The Morgan fingerprint density at radius 1 is 1.32 bits per heavy atom. The number of ether oxygens (including phenoxy) is 2. The van der Waals surface area contributed by atoms with Crippen LogP contribution in [0.1, 0.15) is 30.2 Å². The normalized spacial score (nSPS) is 24.2. The Morgan fingerprint density at radius 3 is 2.80 bits per heavy atom. The number of nitrogens with one attached hydrogen (secondary N) is 1. The van der Waals surface area contributed by atoms with Crippen molar-refractivity contribution in [3.05, 3.63) is 23.8 Å². The average molecular weight is 366 g/mol. The van der Waals surface area contributed by atoms with Gasteiger partial charge in [0.1, 0.15) is 12.6 Å². The molecule has 2 saturated heterocycles. The van der Waals surface area contributed by atoms with Crippen LogP contribution in [0.25, 0.3) is 0 Å². The number of hydrogen-bond donors (Lipinski definition) is 2. The SMILES string of the molecule is COc1ccc(C2NC(C(=O)O)CS2)cc1OCCN1CCCCC1. The van der Waals surface area contributed by atoms with Crippen LogP contribution in [0.5, 0.6) is 11.5 Å².